The van der Waals surface area contributed by atoms with Gasteiger partial charge in [0.15, 0.2) is 0 Å². The van der Waals surface area contributed by atoms with Gasteiger partial charge in [0.25, 0.3) is 0 Å². The largest absolute Gasteiger partial charge is 0.459 e. The van der Waals surface area contributed by atoms with E-state index in [0.717, 1.165) is 18.9 Å². The molecular weight excluding hydrogens is 276 g/mol. The van der Waals surface area contributed by atoms with Gasteiger partial charge in [0.1, 0.15) is 6.10 Å². The van der Waals surface area contributed by atoms with Crippen LogP contribution in [0.4, 0.5) is 0 Å². The molecule has 6 heteroatoms. The van der Waals surface area contributed by atoms with Crippen LogP contribution in [0.25, 0.3) is 0 Å². The summed E-state index contributed by atoms with van der Waals surface area (Å²) in [4.78, 5) is 23.4. The van der Waals surface area contributed by atoms with Crippen LogP contribution in [0.1, 0.15) is 38.5 Å². The summed E-state index contributed by atoms with van der Waals surface area (Å²) in [6.07, 6.45) is 3.12. The van der Waals surface area contributed by atoms with Crippen molar-refractivity contribution in [1.82, 2.24) is 0 Å². The van der Waals surface area contributed by atoms with E-state index >= 15 is 0 Å². The third-order valence-corrected chi connectivity index (χ3v) is 3.81. The molecule has 4 unspecified atom stereocenters. The first-order valence-corrected chi connectivity index (χ1v) is 7.41. The normalized spacial score (nSPS) is 33.0. The van der Waals surface area contributed by atoms with Gasteiger partial charge in [-0.05, 0) is 25.7 Å². The lowest BCUT2D eigenvalue weighted by Crippen LogP contribution is -2.38. The van der Waals surface area contributed by atoms with Gasteiger partial charge in [-0.25, -0.2) is 4.79 Å². The van der Waals surface area contributed by atoms with E-state index < -0.39 is 30.4 Å². The summed E-state index contributed by atoms with van der Waals surface area (Å²) in [5.74, 6) is -1.40. The average molecular weight is 298 g/mol. The summed E-state index contributed by atoms with van der Waals surface area (Å²) >= 11 is 0. The molecule has 2 rings (SSSR count). The molecule has 4 atom stereocenters. The fourth-order valence-corrected chi connectivity index (χ4v) is 2.77. The van der Waals surface area contributed by atoms with Crippen molar-refractivity contribution in [3.05, 3.63) is 12.7 Å². The van der Waals surface area contributed by atoms with E-state index in [9.17, 15) is 14.7 Å². The van der Waals surface area contributed by atoms with Gasteiger partial charge in [-0.15, -0.1) is 0 Å². The average Bonchev–Trinajstić information content (AvgIpc) is 2.47. The molecule has 2 aliphatic rings. The quantitative estimate of drug-likeness (QED) is 0.622. The summed E-state index contributed by atoms with van der Waals surface area (Å²) in [5, 5.41) is 9.83. The monoisotopic (exact) mass is 298 g/mol. The lowest BCUT2D eigenvalue weighted by Gasteiger charge is -2.32. The predicted molar refractivity (Wildman–Crippen MR) is 73.1 cm³/mol. The molecule has 1 aliphatic carbocycles. The molecule has 0 aromatic rings. The number of aliphatic hydroxyl groups is 1. The molecule has 21 heavy (non-hydrogen) atoms. The Labute approximate surface area is 124 Å². The second-order valence-electron chi connectivity index (χ2n) is 5.55. The van der Waals surface area contributed by atoms with Crippen molar-refractivity contribution in [3.8, 4) is 0 Å². The maximum atomic E-state index is 12.1. The third kappa shape index (κ3) is 4.82. The van der Waals surface area contributed by atoms with Crippen LogP contribution in [-0.2, 0) is 23.8 Å². The molecule has 6 nitrogen and oxygen atoms in total. The standard InChI is InChI=1S/C15H22O6/c1-2-13(17)20-12-8-10(7-11(16)9-12)15(18)21-14-5-3-4-6-19-14/h2,10-12,14,16H,1,3-9H2. The molecule has 118 valence electrons. The lowest BCUT2D eigenvalue weighted by atomic mass is 9.85. The Balaban J connectivity index is 1.86. The molecule has 1 saturated heterocycles. The van der Waals surface area contributed by atoms with Crippen LogP contribution in [0.3, 0.4) is 0 Å². The van der Waals surface area contributed by atoms with Gasteiger partial charge in [0.05, 0.1) is 18.6 Å². The minimum atomic E-state index is -0.675. The third-order valence-electron chi connectivity index (χ3n) is 3.81. The second kappa shape index (κ2) is 7.56. The topological polar surface area (TPSA) is 82.1 Å². The molecule has 0 aromatic heterocycles. The van der Waals surface area contributed by atoms with E-state index in [0.29, 0.717) is 32.3 Å². The highest BCUT2D eigenvalue weighted by atomic mass is 16.7. The van der Waals surface area contributed by atoms with E-state index in [1.165, 1.54) is 0 Å². The minimum Gasteiger partial charge on any atom is -0.459 e. The first-order chi connectivity index (χ1) is 10.1. The van der Waals surface area contributed by atoms with Crippen LogP contribution in [-0.4, -0.2) is 42.1 Å². The molecule has 1 saturated carbocycles. The van der Waals surface area contributed by atoms with Gasteiger partial charge in [-0.2, -0.15) is 0 Å². The van der Waals surface area contributed by atoms with E-state index in [-0.39, 0.29) is 5.97 Å². The number of hydrogen-bond acceptors (Lipinski definition) is 6. The molecule has 0 aromatic carbocycles. The van der Waals surface area contributed by atoms with Crippen molar-refractivity contribution >= 4 is 11.9 Å². The molecule has 1 heterocycles. The Bertz CT molecular complexity index is 388. The highest BCUT2D eigenvalue weighted by molar-refractivity contribution is 5.81. The van der Waals surface area contributed by atoms with Gasteiger partial charge in [0, 0.05) is 18.9 Å². The van der Waals surface area contributed by atoms with Crippen molar-refractivity contribution in [2.24, 2.45) is 5.92 Å². The molecule has 1 aliphatic heterocycles. The summed E-state index contributed by atoms with van der Waals surface area (Å²) < 4.78 is 15.8. The Kier molecular flexibility index (Phi) is 5.76. The zero-order chi connectivity index (χ0) is 15.2. The number of hydrogen-bond donors (Lipinski definition) is 1. The van der Waals surface area contributed by atoms with Gasteiger partial charge in [-0.3, -0.25) is 4.79 Å². The van der Waals surface area contributed by atoms with E-state index in [1.54, 1.807) is 0 Å². The molecule has 1 N–H and O–H groups in total. The van der Waals surface area contributed by atoms with Gasteiger partial charge < -0.3 is 19.3 Å². The molecule has 2 fully saturated rings. The molecular formula is C15H22O6. The molecule has 0 amide bonds. The Morgan fingerprint density at radius 1 is 1.19 bits per heavy atom. The van der Waals surface area contributed by atoms with Crippen LogP contribution in [0.5, 0.6) is 0 Å². The lowest BCUT2D eigenvalue weighted by molar-refractivity contribution is -0.195. The summed E-state index contributed by atoms with van der Waals surface area (Å²) in [5.41, 5.74) is 0. The van der Waals surface area contributed by atoms with Crippen molar-refractivity contribution in [2.45, 2.75) is 57.0 Å². The van der Waals surface area contributed by atoms with Crippen LogP contribution in [0, 0.1) is 5.92 Å². The summed E-state index contributed by atoms with van der Waals surface area (Å²) in [7, 11) is 0. The summed E-state index contributed by atoms with van der Waals surface area (Å²) in [6.45, 7) is 3.93. The number of carbonyl (C=O) groups is 2. The van der Waals surface area contributed by atoms with Gasteiger partial charge in [-0.1, -0.05) is 6.58 Å². The highest BCUT2D eigenvalue weighted by Gasteiger charge is 2.36. The predicted octanol–water partition coefficient (Wildman–Crippen LogP) is 1.31. The van der Waals surface area contributed by atoms with Crippen LogP contribution < -0.4 is 0 Å². The zero-order valence-electron chi connectivity index (χ0n) is 12.0. The van der Waals surface area contributed by atoms with E-state index in [4.69, 9.17) is 14.2 Å². The Morgan fingerprint density at radius 3 is 2.67 bits per heavy atom. The smallest absolute Gasteiger partial charge is 0.330 e. The van der Waals surface area contributed by atoms with Crippen molar-refractivity contribution in [2.75, 3.05) is 6.61 Å². The molecule has 0 radical (unpaired) electrons. The van der Waals surface area contributed by atoms with Crippen LogP contribution >= 0.6 is 0 Å². The first kappa shape index (κ1) is 16.0. The second-order valence-corrected chi connectivity index (χ2v) is 5.55. The number of rotatable bonds is 4. The number of ether oxygens (including phenoxy) is 3. The Hall–Kier alpha value is -1.40. The van der Waals surface area contributed by atoms with Crippen LogP contribution in [0.15, 0.2) is 12.7 Å². The van der Waals surface area contributed by atoms with Crippen molar-refractivity contribution < 1.29 is 28.9 Å². The SMILES string of the molecule is C=CC(=O)OC1CC(O)CC(C(=O)OC2CCCCO2)C1. The molecule has 0 spiro atoms. The van der Waals surface area contributed by atoms with Crippen LogP contribution in [0.2, 0.25) is 0 Å². The van der Waals surface area contributed by atoms with E-state index in [1.807, 2.05) is 0 Å². The number of esters is 2. The van der Waals surface area contributed by atoms with Crippen molar-refractivity contribution in [1.29, 1.82) is 0 Å². The first-order valence-electron chi connectivity index (χ1n) is 7.41. The molecule has 0 bridgehead atoms. The fraction of sp³-hybridized carbons (Fsp3) is 0.733. The summed E-state index contributed by atoms with van der Waals surface area (Å²) in [6, 6.07) is 0. The zero-order valence-corrected chi connectivity index (χ0v) is 12.0. The van der Waals surface area contributed by atoms with E-state index in [2.05, 4.69) is 6.58 Å². The van der Waals surface area contributed by atoms with Gasteiger partial charge >= 0.3 is 11.9 Å². The number of carbonyl (C=O) groups excluding carboxylic acids is 2. The number of aliphatic hydroxyl groups excluding tert-OH is 1. The Morgan fingerprint density at radius 2 is 2.00 bits per heavy atom. The fourth-order valence-electron chi connectivity index (χ4n) is 2.77. The minimum absolute atomic E-state index is 0.327. The highest BCUT2D eigenvalue weighted by Crippen LogP contribution is 2.29. The maximum absolute atomic E-state index is 12.1. The van der Waals surface area contributed by atoms with Crippen molar-refractivity contribution in [3.63, 3.8) is 0 Å². The maximum Gasteiger partial charge on any atom is 0.330 e. The van der Waals surface area contributed by atoms with Gasteiger partial charge in [0.2, 0.25) is 6.29 Å².